The van der Waals surface area contributed by atoms with Crippen LogP contribution < -0.4 is 0 Å². The number of aromatic nitrogens is 3. The van der Waals surface area contributed by atoms with Crippen LogP contribution in [0.3, 0.4) is 0 Å². The van der Waals surface area contributed by atoms with E-state index in [1.165, 1.54) is 36.7 Å². The Morgan fingerprint density at radius 1 is 0.538 bits per heavy atom. The zero-order valence-electron chi connectivity index (χ0n) is 28.0. The number of fused-ring (bicyclic) bond motifs is 8. The van der Waals surface area contributed by atoms with Crippen LogP contribution in [0.4, 0.5) is 0 Å². The van der Waals surface area contributed by atoms with Crippen LogP contribution in [0.25, 0.3) is 104 Å². The maximum absolute atomic E-state index is 6.73. The minimum Gasteiger partial charge on any atom is -0.455 e. The van der Waals surface area contributed by atoms with Gasteiger partial charge in [0.25, 0.3) is 0 Å². The van der Waals surface area contributed by atoms with Crippen molar-refractivity contribution in [3.8, 4) is 45.3 Å². The number of benzene rings is 7. The Kier molecular flexibility index (Phi) is 6.51. The lowest BCUT2D eigenvalue weighted by atomic mass is 9.92. The van der Waals surface area contributed by atoms with Gasteiger partial charge in [-0.25, -0.2) is 15.0 Å². The van der Waals surface area contributed by atoms with E-state index in [1.54, 1.807) is 11.3 Å². The molecule has 0 aliphatic heterocycles. The summed E-state index contributed by atoms with van der Waals surface area (Å²) >= 11 is 1.78. The molecule has 0 bridgehead atoms. The first-order valence-corrected chi connectivity index (χ1v) is 18.5. The molecule has 1 aliphatic rings. The number of para-hydroxylation sites is 1. The molecule has 52 heavy (non-hydrogen) atoms. The minimum atomic E-state index is 0.616. The van der Waals surface area contributed by atoms with Crippen molar-refractivity contribution in [3.05, 3.63) is 157 Å². The highest BCUT2D eigenvalue weighted by molar-refractivity contribution is 7.26. The Bertz CT molecular complexity index is 3100. The molecule has 11 rings (SSSR count). The van der Waals surface area contributed by atoms with Gasteiger partial charge >= 0.3 is 0 Å². The van der Waals surface area contributed by atoms with Gasteiger partial charge in [0.2, 0.25) is 0 Å². The first-order chi connectivity index (χ1) is 25.7. The third-order valence-corrected chi connectivity index (χ3v) is 11.6. The van der Waals surface area contributed by atoms with Crippen LogP contribution in [0.5, 0.6) is 0 Å². The predicted molar refractivity (Wildman–Crippen MR) is 217 cm³/mol. The van der Waals surface area contributed by atoms with Crippen molar-refractivity contribution in [1.29, 1.82) is 0 Å². The monoisotopic (exact) mass is 683 g/mol. The number of aryl methyl sites for hydroxylation is 1. The predicted octanol–water partition coefficient (Wildman–Crippen LogP) is 12.9. The SMILES string of the molecule is C1=Cc2ccc(-c3ccc(-c4nc(-c5ccc6ccccc6c5)nc(-c5cccc6c5sc5ccccc56)n4)c4c3oc3ccccc34)cc2CC1. The highest BCUT2D eigenvalue weighted by Gasteiger charge is 2.22. The summed E-state index contributed by atoms with van der Waals surface area (Å²) in [7, 11) is 0. The Morgan fingerprint density at radius 2 is 1.29 bits per heavy atom. The van der Waals surface area contributed by atoms with Crippen LogP contribution in [0.1, 0.15) is 17.5 Å². The van der Waals surface area contributed by atoms with E-state index in [0.29, 0.717) is 17.5 Å². The standard InChI is InChI=1S/C47H29N3OS/c1-3-12-30-26-32(22-20-28(30)10-1)34-24-25-38(42-37-15-5-7-18-40(37)51-43(34)42)46-48-45(33-23-21-29-11-2-4-13-31(29)27-33)49-47(50-46)39-17-9-16-36-35-14-6-8-19-41(35)52-44(36)39/h1-2,4-11,13-27H,3,12H2. The fourth-order valence-corrected chi connectivity index (χ4v) is 9.05. The number of allylic oxidation sites excluding steroid dienone is 1. The van der Waals surface area contributed by atoms with E-state index in [1.807, 2.05) is 12.1 Å². The average Bonchev–Trinajstić information content (AvgIpc) is 3.79. The second-order valence-electron chi connectivity index (χ2n) is 13.5. The van der Waals surface area contributed by atoms with Crippen LogP contribution in [-0.2, 0) is 6.42 Å². The first-order valence-electron chi connectivity index (χ1n) is 17.7. The van der Waals surface area contributed by atoms with E-state index in [9.17, 15) is 0 Å². The molecule has 10 aromatic rings. The second kappa shape index (κ2) is 11.6. The Labute approximate surface area is 303 Å². The van der Waals surface area contributed by atoms with Crippen molar-refractivity contribution in [2.45, 2.75) is 12.8 Å². The number of furan rings is 1. The summed E-state index contributed by atoms with van der Waals surface area (Å²) in [5.41, 5.74) is 9.40. The number of nitrogens with zero attached hydrogens (tertiary/aromatic N) is 3. The molecule has 5 heteroatoms. The molecule has 4 nitrogen and oxygen atoms in total. The molecule has 7 aromatic carbocycles. The summed E-state index contributed by atoms with van der Waals surface area (Å²) in [5, 5.41) is 6.82. The normalized spacial score (nSPS) is 12.8. The van der Waals surface area contributed by atoms with E-state index in [2.05, 4.69) is 140 Å². The summed E-state index contributed by atoms with van der Waals surface area (Å²) in [4.78, 5) is 15.8. The van der Waals surface area contributed by atoms with Crippen molar-refractivity contribution in [1.82, 2.24) is 15.0 Å². The van der Waals surface area contributed by atoms with Crippen LogP contribution in [-0.4, -0.2) is 15.0 Å². The molecule has 3 heterocycles. The number of rotatable bonds is 4. The molecular formula is C47H29N3OS. The third-order valence-electron chi connectivity index (χ3n) is 10.4. The molecule has 3 aromatic heterocycles. The Balaban J connectivity index is 1.18. The van der Waals surface area contributed by atoms with Crippen molar-refractivity contribution in [2.75, 3.05) is 0 Å². The molecule has 0 N–H and O–H groups in total. The molecule has 0 spiro atoms. The van der Waals surface area contributed by atoms with Gasteiger partial charge in [-0.3, -0.25) is 0 Å². The van der Waals surface area contributed by atoms with Gasteiger partial charge in [-0.1, -0.05) is 115 Å². The second-order valence-corrected chi connectivity index (χ2v) is 14.5. The third kappa shape index (κ3) is 4.63. The highest BCUT2D eigenvalue weighted by atomic mass is 32.1. The molecular weight excluding hydrogens is 655 g/mol. The number of thiophene rings is 1. The molecule has 1 aliphatic carbocycles. The summed E-state index contributed by atoms with van der Waals surface area (Å²) in [6.45, 7) is 0. The Hall–Kier alpha value is -6.43. The fourth-order valence-electron chi connectivity index (χ4n) is 7.84. The van der Waals surface area contributed by atoms with E-state index < -0.39 is 0 Å². The first kappa shape index (κ1) is 29.3. The van der Waals surface area contributed by atoms with E-state index in [0.717, 1.165) is 68.0 Å². The van der Waals surface area contributed by atoms with Crippen LogP contribution in [0.15, 0.2) is 150 Å². The van der Waals surface area contributed by atoms with Gasteiger partial charge in [-0.15, -0.1) is 11.3 Å². The topological polar surface area (TPSA) is 51.8 Å². The van der Waals surface area contributed by atoms with Gasteiger partial charge in [0.15, 0.2) is 17.5 Å². The maximum atomic E-state index is 6.73. The van der Waals surface area contributed by atoms with Gasteiger partial charge in [-0.2, -0.15) is 0 Å². The molecule has 0 saturated heterocycles. The quantitative estimate of drug-likeness (QED) is 0.185. The number of hydrogen-bond acceptors (Lipinski definition) is 5. The highest BCUT2D eigenvalue weighted by Crippen LogP contribution is 2.43. The van der Waals surface area contributed by atoms with Gasteiger partial charge in [-0.05, 0) is 76.7 Å². The molecule has 0 unspecified atom stereocenters. The lowest BCUT2D eigenvalue weighted by molar-refractivity contribution is 0.670. The lowest BCUT2D eigenvalue weighted by Gasteiger charge is -2.14. The van der Waals surface area contributed by atoms with Gasteiger partial charge in [0, 0.05) is 53.2 Å². The van der Waals surface area contributed by atoms with Crippen LogP contribution in [0.2, 0.25) is 0 Å². The van der Waals surface area contributed by atoms with Gasteiger partial charge < -0.3 is 4.42 Å². The van der Waals surface area contributed by atoms with Crippen molar-refractivity contribution in [3.63, 3.8) is 0 Å². The zero-order chi connectivity index (χ0) is 34.2. The molecule has 0 radical (unpaired) electrons. The van der Waals surface area contributed by atoms with E-state index in [4.69, 9.17) is 19.4 Å². The van der Waals surface area contributed by atoms with Crippen molar-refractivity contribution >= 4 is 70.3 Å². The average molecular weight is 684 g/mol. The molecule has 0 fully saturated rings. The summed E-state index contributed by atoms with van der Waals surface area (Å²) < 4.78 is 9.14. The summed E-state index contributed by atoms with van der Waals surface area (Å²) in [5.74, 6) is 1.90. The summed E-state index contributed by atoms with van der Waals surface area (Å²) in [6, 6.07) is 49.2. The van der Waals surface area contributed by atoms with Crippen LogP contribution >= 0.6 is 11.3 Å². The van der Waals surface area contributed by atoms with E-state index >= 15 is 0 Å². The van der Waals surface area contributed by atoms with E-state index in [-0.39, 0.29) is 0 Å². The van der Waals surface area contributed by atoms with Crippen molar-refractivity contribution < 1.29 is 4.42 Å². The lowest BCUT2D eigenvalue weighted by Crippen LogP contribution is -2.01. The van der Waals surface area contributed by atoms with Gasteiger partial charge in [0.05, 0.1) is 0 Å². The Morgan fingerprint density at radius 3 is 2.23 bits per heavy atom. The van der Waals surface area contributed by atoms with Crippen molar-refractivity contribution in [2.24, 2.45) is 0 Å². The molecule has 0 atom stereocenters. The molecule has 0 saturated carbocycles. The zero-order valence-corrected chi connectivity index (χ0v) is 28.8. The smallest absolute Gasteiger partial charge is 0.165 e. The maximum Gasteiger partial charge on any atom is 0.165 e. The fraction of sp³-hybridized carbons (Fsp3) is 0.0426. The van der Waals surface area contributed by atoms with Crippen LogP contribution in [0, 0.1) is 0 Å². The summed E-state index contributed by atoms with van der Waals surface area (Å²) in [6.07, 6.45) is 6.59. The molecule has 244 valence electrons. The minimum absolute atomic E-state index is 0.616. The van der Waals surface area contributed by atoms with Gasteiger partial charge in [0.1, 0.15) is 11.2 Å². The largest absolute Gasteiger partial charge is 0.455 e. The molecule has 0 amide bonds. The number of hydrogen-bond donors (Lipinski definition) is 0.